The van der Waals surface area contributed by atoms with E-state index < -0.39 is 0 Å². The summed E-state index contributed by atoms with van der Waals surface area (Å²) in [5.74, 6) is 1.35. The zero-order valence-corrected chi connectivity index (χ0v) is 13.8. The molecule has 1 aromatic rings. The molecule has 0 aromatic carbocycles. The molecular formula is C13H18Br2N2. The molecule has 17 heavy (non-hydrogen) atoms. The predicted octanol–water partition coefficient (Wildman–Crippen LogP) is 4.47. The van der Waals surface area contributed by atoms with Gasteiger partial charge in [0.2, 0.25) is 0 Å². The smallest absolute Gasteiger partial charge is 0.0626 e. The largest absolute Gasteiger partial charge is 0.282 e. The summed E-state index contributed by atoms with van der Waals surface area (Å²) in [5, 5.41) is 7.34. The summed E-state index contributed by atoms with van der Waals surface area (Å²) in [4.78, 5) is 0. The molecule has 0 aliphatic heterocycles. The van der Waals surface area contributed by atoms with E-state index in [4.69, 9.17) is 0 Å². The van der Waals surface area contributed by atoms with E-state index in [1.54, 1.807) is 0 Å². The van der Waals surface area contributed by atoms with Crippen LogP contribution in [0.15, 0.2) is 9.47 Å². The van der Waals surface area contributed by atoms with Crippen molar-refractivity contribution in [2.75, 3.05) is 0 Å². The molecule has 2 nitrogen and oxygen atoms in total. The van der Waals surface area contributed by atoms with E-state index in [9.17, 15) is 0 Å². The molecule has 0 amide bonds. The van der Waals surface area contributed by atoms with Crippen molar-refractivity contribution in [1.29, 1.82) is 0 Å². The van der Waals surface area contributed by atoms with Crippen molar-refractivity contribution < 1.29 is 0 Å². The molecule has 0 radical (unpaired) electrons. The number of allylic oxidation sites excluding steroid dienone is 1. The highest BCUT2D eigenvalue weighted by Gasteiger charge is 2.56. The number of rotatable bonds is 3. The van der Waals surface area contributed by atoms with Crippen LogP contribution >= 0.6 is 31.9 Å². The molecule has 1 aliphatic rings. The third kappa shape index (κ3) is 2.53. The number of hydrogen-bond acceptors (Lipinski definition) is 1. The van der Waals surface area contributed by atoms with Crippen LogP contribution in [0.25, 0.3) is 0 Å². The summed E-state index contributed by atoms with van der Waals surface area (Å²) in [6, 6.07) is 0. The number of halogens is 2. The highest BCUT2D eigenvalue weighted by atomic mass is 79.9. The molecule has 1 aromatic heterocycles. The number of aryl methyl sites for hydroxylation is 2. The monoisotopic (exact) mass is 360 g/mol. The van der Waals surface area contributed by atoms with Crippen LogP contribution in [0.3, 0.4) is 0 Å². The summed E-state index contributed by atoms with van der Waals surface area (Å²) in [6.07, 6.45) is 3.39. The maximum atomic E-state index is 4.27. The highest BCUT2D eigenvalue weighted by molar-refractivity contribution is 9.28. The molecule has 2 atom stereocenters. The Labute approximate surface area is 120 Å². The molecule has 1 saturated carbocycles. The molecular weight excluding hydrogens is 344 g/mol. The van der Waals surface area contributed by atoms with Crippen molar-refractivity contribution in [1.82, 2.24) is 10.2 Å². The molecule has 0 saturated heterocycles. The Balaban J connectivity index is 2.14. The summed E-state index contributed by atoms with van der Waals surface area (Å²) >= 11 is 6.92. The third-order valence-electron chi connectivity index (χ3n) is 4.15. The second-order valence-electron chi connectivity index (χ2n) is 5.53. The van der Waals surface area contributed by atoms with Crippen LogP contribution in [0.5, 0.6) is 0 Å². The summed E-state index contributed by atoms with van der Waals surface area (Å²) in [5.41, 5.74) is 4.14. The van der Waals surface area contributed by atoms with Crippen LogP contribution in [0.4, 0.5) is 0 Å². The van der Waals surface area contributed by atoms with Crippen LogP contribution in [0, 0.1) is 31.1 Å². The van der Waals surface area contributed by atoms with Crippen molar-refractivity contribution >= 4 is 31.9 Å². The first-order chi connectivity index (χ1) is 7.84. The molecule has 1 heterocycles. The summed E-state index contributed by atoms with van der Waals surface area (Å²) < 4.78 is 1.06. The van der Waals surface area contributed by atoms with Gasteiger partial charge in [0.1, 0.15) is 0 Å². The minimum atomic E-state index is 0.392. The van der Waals surface area contributed by atoms with Crippen molar-refractivity contribution in [3.63, 3.8) is 0 Å². The van der Waals surface area contributed by atoms with Crippen LogP contribution in [-0.2, 0) is 6.42 Å². The second kappa shape index (κ2) is 4.54. The van der Waals surface area contributed by atoms with Crippen molar-refractivity contribution in [3.8, 4) is 0 Å². The van der Waals surface area contributed by atoms with Gasteiger partial charge in [-0.15, -0.1) is 0 Å². The lowest BCUT2D eigenvalue weighted by atomic mass is 10.0. The van der Waals surface area contributed by atoms with Gasteiger partial charge in [-0.1, -0.05) is 19.9 Å². The van der Waals surface area contributed by atoms with Crippen molar-refractivity contribution in [2.24, 2.45) is 17.3 Å². The first-order valence-electron chi connectivity index (χ1n) is 5.87. The average molecular weight is 362 g/mol. The number of aromatic amines is 1. The van der Waals surface area contributed by atoms with Crippen LogP contribution < -0.4 is 0 Å². The first-order valence-corrected chi connectivity index (χ1v) is 7.46. The Morgan fingerprint density at radius 1 is 1.41 bits per heavy atom. The number of H-pyrrole nitrogens is 1. The minimum absolute atomic E-state index is 0.392. The molecule has 2 rings (SSSR count). The van der Waals surface area contributed by atoms with E-state index in [1.165, 1.54) is 11.3 Å². The van der Waals surface area contributed by atoms with E-state index in [1.807, 2.05) is 0 Å². The Hall–Kier alpha value is -0.0900. The van der Waals surface area contributed by atoms with Gasteiger partial charge < -0.3 is 0 Å². The van der Waals surface area contributed by atoms with Gasteiger partial charge in [0.05, 0.1) is 9.09 Å². The molecule has 0 spiro atoms. The van der Waals surface area contributed by atoms with Crippen molar-refractivity contribution in [2.45, 2.75) is 34.1 Å². The van der Waals surface area contributed by atoms with Crippen LogP contribution in [-0.4, -0.2) is 10.2 Å². The van der Waals surface area contributed by atoms with E-state index >= 15 is 0 Å². The lowest BCUT2D eigenvalue weighted by molar-refractivity contribution is 0.548. The van der Waals surface area contributed by atoms with E-state index in [-0.39, 0.29) is 0 Å². The number of nitrogens with zero attached hydrogens (tertiary/aromatic N) is 1. The number of aromatic nitrogens is 2. The first kappa shape index (κ1) is 13.3. The Kier molecular flexibility index (Phi) is 3.56. The quantitative estimate of drug-likeness (QED) is 0.845. The van der Waals surface area contributed by atoms with Gasteiger partial charge >= 0.3 is 0 Å². The van der Waals surface area contributed by atoms with Gasteiger partial charge in [-0.3, -0.25) is 5.10 Å². The summed E-state index contributed by atoms with van der Waals surface area (Å²) in [6.45, 7) is 8.87. The Morgan fingerprint density at radius 3 is 2.53 bits per heavy atom. The maximum Gasteiger partial charge on any atom is 0.0626 e. The molecule has 0 bridgehead atoms. The zero-order chi connectivity index (χ0) is 12.8. The maximum absolute atomic E-state index is 4.27. The molecule has 4 heteroatoms. The third-order valence-corrected chi connectivity index (χ3v) is 4.68. The van der Waals surface area contributed by atoms with Gasteiger partial charge in [0.15, 0.2) is 0 Å². The SMILES string of the molecule is Cc1n[nH]c(C)c1C[C@@H]1[C@H](C=C(Br)Br)C1(C)C. The lowest BCUT2D eigenvalue weighted by Crippen LogP contribution is -1.97. The number of hydrogen-bond donors (Lipinski definition) is 1. The highest BCUT2D eigenvalue weighted by Crippen LogP contribution is 2.61. The van der Waals surface area contributed by atoms with Crippen LogP contribution in [0.2, 0.25) is 0 Å². The minimum Gasteiger partial charge on any atom is -0.282 e. The van der Waals surface area contributed by atoms with Gasteiger partial charge in [0.25, 0.3) is 0 Å². The fourth-order valence-corrected chi connectivity index (χ4v) is 3.31. The van der Waals surface area contributed by atoms with Gasteiger partial charge in [0, 0.05) is 5.69 Å². The van der Waals surface area contributed by atoms with E-state index in [2.05, 4.69) is 75.8 Å². The zero-order valence-electron chi connectivity index (χ0n) is 10.6. The second-order valence-corrected chi connectivity index (χ2v) is 8.30. The molecule has 1 N–H and O–H groups in total. The molecule has 0 unspecified atom stereocenters. The van der Waals surface area contributed by atoms with Gasteiger partial charge in [-0.25, -0.2) is 0 Å². The number of nitrogens with one attached hydrogen (secondary N) is 1. The van der Waals surface area contributed by atoms with Crippen LogP contribution in [0.1, 0.15) is 30.8 Å². The normalized spacial score (nSPS) is 25.8. The van der Waals surface area contributed by atoms with Crippen molar-refractivity contribution in [3.05, 3.63) is 26.4 Å². The predicted molar refractivity (Wildman–Crippen MR) is 78.5 cm³/mol. The fraction of sp³-hybridized carbons (Fsp3) is 0.615. The lowest BCUT2D eigenvalue weighted by Gasteiger charge is -2.02. The van der Waals surface area contributed by atoms with E-state index in [0.29, 0.717) is 17.3 Å². The standard InChI is InChI=1S/C13H18Br2N2/c1-7-9(8(2)17-16-7)5-10-11(6-12(14)15)13(10,3)4/h6,10-11H,5H2,1-4H3,(H,16,17)/t10-,11+/m1/s1. The summed E-state index contributed by atoms with van der Waals surface area (Å²) in [7, 11) is 0. The fourth-order valence-electron chi connectivity index (χ4n) is 2.74. The Bertz CT molecular complexity index is 436. The Morgan fingerprint density at radius 2 is 2.06 bits per heavy atom. The average Bonchev–Trinajstić information content (AvgIpc) is 2.53. The van der Waals surface area contributed by atoms with Gasteiger partial charge in [-0.05, 0) is 74.9 Å². The molecule has 1 aliphatic carbocycles. The topological polar surface area (TPSA) is 28.7 Å². The molecule has 1 fully saturated rings. The molecule has 94 valence electrons. The van der Waals surface area contributed by atoms with Gasteiger partial charge in [-0.2, -0.15) is 5.10 Å². The van der Waals surface area contributed by atoms with E-state index in [0.717, 1.165) is 15.5 Å².